The van der Waals surface area contributed by atoms with Crippen molar-refractivity contribution in [1.82, 2.24) is 5.32 Å². The van der Waals surface area contributed by atoms with Crippen LogP contribution in [-0.2, 0) is 0 Å². The Bertz CT molecular complexity index is 529. The lowest BCUT2D eigenvalue weighted by Crippen LogP contribution is -2.30. The number of rotatable bonds is 6. The molecule has 0 aliphatic heterocycles. The number of nitrogens with one attached hydrogen (secondary N) is 1. The monoisotopic (exact) mass is 266 g/mol. The predicted octanol–water partition coefficient (Wildman–Crippen LogP) is 3.54. The standard InChI is InChI=1S/C18H22N2/c1-20(14-13-19-17-9-10-17)18-11-7-16(8-12-18)15-5-3-2-4-6-15/h2-8,11-12,17,19H,9-10,13-14H2,1H3. The van der Waals surface area contributed by atoms with E-state index in [1.54, 1.807) is 0 Å². The second kappa shape index (κ2) is 6.10. The van der Waals surface area contributed by atoms with Crippen LogP contribution >= 0.6 is 0 Å². The topological polar surface area (TPSA) is 15.3 Å². The van der Waals surface area contributed by atoms with E-state index in [2.05, 4.69) is 71.9 Å². The van der Waals surface area contributed by atoms with Gasteiger partial charge in [0.25, 0.3) is 0 Å². The van der Waals surface area contributed by atoms with Gasteiger partial charge >= 0.3 is 0 Å². The van der Waals surface area contributed by atoms with Crippen molar-refractivity contribution in [3.8, 4) is 11.1 Å². The van der Waals surface area contributed by atoms with Crippen LogP contribution in [0.3, 0.4) is 0 Å². The number of likely N-dealkylation sites (N-methyl/N-ethyl adjacent to an activating group) is 1. The first-order chi connectivity index (χ1) is 9.83. The molecule has 0 spiro atoms. The normalized spacial score (nSPS) is 14.2. The zero-order valence-corrected chi connectivity index (χ0v) is 12.0. The molecule has 1 N–H and O–H groups in total. The Morgan fingerprint density at radius 1 is 0.950 bits per heavy atom. The molecule has 2 aromatic rings. The number of hydrogen-bond donors (Lipinski definition) is 1. The van der Waals surface area contributed by atoms with Crippen molar-refractivity contribution in [2.75, 3.05) is 25.0 Å². The van der Waals surface area contributed by atoms with Crippen molar-refractivity contribution in [1.29, 1.82) is 0 Å². The molecule has 0 saturated heterocycles. The van der Waals surface area contributed by atoms with E-state index >= 15 is 0 Å². The molecule has 104 valence electrons. The van der Waals surface area contributed by atoms with Crippen LogP contribution in [0.15, 0.2) is 54.6 Å². The van der Waals surface area contributed by atoms with Crippen molar-refractivity contribution in [2.45, 2.75) is 18.9 Å². The van der Waals surface area contributed by atoms with Crippen LogP contribution in [-0.4, -0.2) is 26.2 Å². The van der Waals surface area contributed by atoms with E-state index in [9.17, 15) is 0 Å². The molecule has 1 aliphatic rings. The summed E-state index contributed by atoms with van der Waals surface area (Å²) in [7, 11) is 2.16. The summed E-state index contributed by atoms with van der Waals surface area (Å²) >= 11 is 0. The van der Waals surface area contributed by atoms with E-state index < -0.39 is 0 Å². The van der Waals surface area contributed by atoms with Gasteiger partial charge in [-0.05, 0) is 36.1 Å². The zero-order chi connectivity index (χ0) is 13.8. The zero-order valence-electron chi connectivity index (χ0n) is 12.0. The molecular formula is C18H22N2. The van der Waals surface area contributed by atoms with Gasteiger partial charge in [-0.25, -0.2) is 0 Å². The SMILES string of the molecule is CN(CCNC1CC1)c1ccc(-c2ccccc2)cc1. The third kappa shape index (κ3) is 3.40. The first-order valence-corrected chi connectivity index (χ1v) is 7.43. The van der Waals surface area contributed by atoms with Crippen LogP contribution in [0.5, 0.6) is 0 Å². The number of anilines is 1. The third-order valence-corrected chi connectivity index (χ3v) is 3.87. The Hall–Kier alpha value is -1.80. The number of nitrogens with zero attached hydrogens (tertiary/aromatic N) is 1. The average Bonchev–Trinajstić information content (AvgIpc) is 3.32. The highest BCUT2D eigenvalue weighted by Gasteiger charge is 2.19. The van der Waals surface area contributed by atoms with Gasteiger partial charge in [-0.15, -0.1) is 0 Å². The summed E-state index contributed by atoms with van der Waals surface area (Å²) in [6.07, 6.45) is 2.71. The Morgan fingerprint density at radius 3 is 2.25 bits per heavy atom. The van der Waals surface area contributed by atoms with Crippen LogP contribution in [0, 0.1) is 0 Å². The van der Waals surface area contributed by atoms with E-state index in [0.717, 1.165) is 19.1 Å². The molecule has 0 radical (unpaired) electrons. The second-order valence-electron chi connectivity index (χ2n) is 5.56. The molecule has 1 saturated carbocycles. The summed E-state index contributed by atoms with van der Waals surface area (Å²) in [6, 6.07) is 20.1. The van der Waals surface area contributed by atoms with E-state index in [1.165, 1.54) is 29.7 Å². The molecule has 1 fully saturated rings. The molecule has 2 heteroatoms. The molecule has 0 heterocycles. The Balaban J connectivity index is 1.60. The highest BCUT2D eigenvalue weighted by Crippen LogP contribution is 2.22. The molecule has 20 heavy (non-hydrogen) atoms. The maximum Gasteiger partial charge on any atom is 0.0364 e. The Morgan fingerprint density at radius 2 is 1.60 bits per heavy atom. The smallest absolute Gasteiger partial charge is 0.0364 e. The van der Waals surface area contributed by atoms with Gasteiger partial charge < -0.3 is 10.2 Å². The van der Waals surface area contributed by atoms with Crippen LogP contribution in [0.25, 0.3) is 11.1 Å². The van der Waals surface area contributed by atoms with Gasteiger partial charge in [-0.1, -0.05) is 42.5 Å². The summed E-state index contributed by atoms with van der Waals surface area (Å²) in [5.41, 5.74) is 3.83. The fraction of sp³-hybridized carbons (Fsp3) is 0.333. The fourth-order valence-corrected chi connectivity index (χ4v) is 2.39. The van der Waals surface area contributed by atoms with Crippen LogP contribution in [0.4, 0.5) is 5.69 Å². The predicted molar refractivity (Wildman–Crippen MR) is 86.2 cm³/mol. The minimum Gasteiger partial charge on any atom is -0.373 e. The molecule has 2 aromatic carbocycles. The van der Waals surface area contributed by atoms with Crippen LogP contribution in [0.2, 0.25) is 0 Å². The van der Waals surface area contributed by atoms with E-state index in [1.807, 2.05) is 0 Å². The number of hydrogen-bond acceptors (Lipinski definition) is 2. The summed E-state index contributed by atoms with van der Waals surface area (Å²) in [6.45, 7) is 2.13. The van der Waals surface area contributed by atoms with Gasteiger partial charge in [0, 0.05) is 31.9 Å². The van der Waals surface area contributed by atoms with Crippen LogP contribution < -0.4 is 10.2 Å². The highest BCUT2D eigenvalue weighted by molar-refractivity contribution is 5.66. The third-order valence-electron chi connectivity index (χ3n) is 3.87. The number of benzene rings is 2. The van der Waals surface area contributed by atoms with Gasteiger partial charge in [0.2, 0.25) is 0 Å². The summed E-state index contributed by atoms with van der Waals surface area (Å²) in [4.78, 5) is 2.31. The van der Waals surface area contributed by atoms with Gasteiger partial charge in [0.1, 0.15) is 0 Å². The molecule has 0 amide bonds. The molecule has 0 aromatic heterocycles. The summed E-state index contributed by atoms with van der Waals surface area (Å²) in [5, 5.41) is 3.55. The first-order valence-electron chi connectivity index (χ1n) is 7.43. The van der Waals surface area contributed by atoms with Gasteiger partial charge in [0.15, 0.2) is 0 Å². The maximum atomic E-state index is 3.55. The van der Waals surface area contributed by atoms with Gasteiger partial charge in [0.05, 0.1) is 0 Å². The lowest BCUT2D eigenvalue weighted by Gasteiger charge is -2.20. The molecular weight excluding hydrogens is 244 g/mol. The Kier molecular flexibility index (Phi) is 4.03. The van der Waals surface area contributed by atoms with Crippen molar-refractivity contribution < 1.29 is 0 Å². The summed E-state index contributed by atoms with van der Waals surface area (Å²) in [5.74, 6) is 0. The lowest BCUT2D eigenvalue weighted by atomic mass is 10.1. The molecule has 1 aliphatic carbocycles. The molecule has 3 rings (SSSR count). The quantitative estimate of drug-likeness (QED) is 0.860. The van der Waals surface area contributed by atoms with Gasteiger partial charge in [-0.2, -0.15) is 0 Å². The second-order valence-corrected chi connectivity index (χ2v) is 5.56. The average molecular weight is 266 g/mol. The van der Waals surface area contributed by atoms with Crippen molar-refractivity contribution >= 4 is 5.69 Å². The summed E-state index contributed by atoms with van der Waals surface area (Å²) < 4.78 is 0. The van der Waals surface area contributed by atoms with E-state index in [0.29, 0.717) is 0 Å². The molecule has 0 atom stereocenters. The van der Waals surface area contributed by atoms with E-state index in [-0.39, 0.29) is 0 Å². The Labute approximate surface area is 121 Å². The highest BCUT2D eigenvalue weighted by atomic mass is 15.1. The largest absolute Gasteiger partial charge is 0.373 e. The molecule has 2 nitrogen and oxygen atoms in total. The van der Waals surface area contributed by atoms with Gasteiger partial charge in [-0.3, -0.25) is 0 Å². The minimum absolute atomic E-state index is 0.795. The minimum atomic E-state index is 0.795. The molecule has 0 unspecified atom stereocenters. The van der Waals surface area contributed by atoms with Crippen LogP contribution in [0.1, 0.15) is 12.8 Å². The first kappa shape index (κ1) is 13.2. The van der Waals surface area contributed by atoms with Crippen molar-refractivity contribution in [2.24, 2.45) is 0 Å². The maximum absolute atomic E-state index is 3.55. The fourth-order valence-electron chi connectivity index (χ4n) is 2.39. The lowest BCUT2D eigenvalue weighted by molar-refractivity contribution is 0.675. The van der Waals surface area contributed by atoms with Crippen molar-refractivity contribution in [3.63, 3.8) is 0 Å². The molecule has 0 bridgehead atoms. The van der Waals surface area contributed by atoms with Crippen molar-refractivity contribution in [3.05, 3.63) is 54.6 Å². The van der Waals surface area contributed by atoms with E-state index in [4.69, 9.17) is 0 Å².